The molecule has 0 unspecified atom stereocenters. The highest BCUT2D eigenvalue weighted by atomic mass is 16.4. The molecule has 0 fully saturated rings. The number of amides is 1. The second-order valence-corrected chi connectivity index (χ2v) is 5.03. The molecular weight excluding hydrogens is 230 g/mol. The van der Waals surface area contributed by atoms with Gasteiger partial charge in [-0.2, -0.15) is 0 Å². The Balaban J connectivity index is 2.91. The molecule has 0 spiro atoms. The largest absolute Gasteiger partial charge is 0.478 e. The van der Waals surface area contributed by atoms with Crippen molar-refractivity contribution in [1.29, 1.82) is 0 Å². The normalized spacial score (nSPS) is 11.1. The summed E-state index contributed by atoms with van der Waals surface area (Å²) in [5.74, 6) is -1.02. The molecule has 1 aromatic rings. The fraction of sp³-hybridized carbons (Fsp3) is 0.429. The van der Waals surface area contributed by atoms with Crippen LogP contribution in [0, 0.1) is 12.3 Å². The molecule has 0 saturated heterocycles. The van der Waals surface area contributed by atoms with E-state index in [1.54, 1.807) is 19.1 Å². The second-order valence-electron chi connectivity index (χ2n) is 5.03. The van der Waals surface area contributed by atoms with Crippen LogP contribution >= 0.6 is 0 Å². The van der Waals surface area contributed by atoms with E-state index in [9.17, 15) is 9.59 Å². The zero-order valence-electron chi connectivity index (χ0n) is 11.2. The first kappa shape index (κ1) is 14.2. The number of benzene rings is 1. The molecule has 2 N–H and O–H groups in total. The highest BCUT2D eigenvalue weighted by molar-refractivity contribution is 5.96. The summed E-state index contributed by atoms with van der Waals surface area (Å²) < 4.78 is 0. The predicted molar refractivity (Wildman–Crippen MR) is 70.8 cm³/mol. The molecule has 0 bridgehead atoms. The number of nitrogens with one attached hydrogen (secondary N) is 1. The van der Waals surface area contributed by atoms with Crippen molar-refractivity contribution in [3.63, 3.8) is 0 Å². The predicted octanol–water partition coefficient (Wildman–Crippen LogP) is 3.07. The van der Waals surface area contributed by atoms with Gasteiger partial charge in [-0.15, -0.1) is 0 Å². The van der Waals surface area contributed by atoms with Crippen LogP contribution < -0.4 is 5.32 Å². The van der Waals surface area contributed by atoms with E-state index in [0.717, 1.165) is 6.42 Å². The first-order valence-electron chi connectivity index (χ1n) is 5.93. The van der Waals surface area contributed by atoms with Gasteiger partial charge in [0.25, 0.3) is 0 Å². The van der Waals surface area contributed by atoms with E-state index in [4.69, 9.17) is 5.11 Å². The third-order valence-electron chi connectivity index (χ3n) is 3.21. The van der Waals surface area contributed by atoms with Crippen LogP contribution in [0.5, 0.6) is 0 Å². The van der Waals surface area contributed by atoms with Crippen LogP contribution in [0.3, 0.4) is 0 Å². The number of carbonyl (C=O) groups is 2. The summed E-state index contributed by atoms with van der Waals surface area (Å²) >= 11 is 0. The third-order valence-corrected chi connectivity index (χ3v) is 3.21. The molecule has 0 aliphatic rings. The zero-order valence-corrected chi connectivity index (χ0v) is 11.2. The highest BCUT2D eigenvalue weighted by Gasteiger charge is 2.25. The summed E-state index contributed by atoms with van der Waals surface area (Å²) in [5.41, 5.74) is 1.08. The maximum Gasteiger partial charge on any atom is 0.335 e. The molecule has 98 valence electrons. The Morgan fingerprint density at radius 2 is 1.94 bits per heavy atom. The van der Waals surface area contributed by atoms with Gasteiger partial charge in [-0.25, -0.2) is 4.79 Å². The van der Waals surface area contributed by atoms with E-state index in [1.165, 1.54) is 6.07 Å². The summed E-state index contributed by atoms with van der Waals surface area (Å²) in [5, 5.41) is 11.7. The molecule has 0 heterocycles. The Labute approximate surface area is 107 Å². The Morgan fingerprint density at radius 1 is 1.33 bits per heavy atom. The zero-order chi connectivity index (χ0) is 13.9. The quantitative estimate of drug-likeness (QED) is 0.861. The van der Waals surface area contributed by atoms with Crippen LogP contribution in [0.4, 0.5) is 5.69 Å². The maximum absolute atomic E-state index is 12.0. The molecule has 0 radical (unpaired) electrons. The topological polar surface area (TPSA) is 66.4 Å². The van der Waals surface area contributed by atoms with Crippen molar-refractivity contribution < 1.29 is 14.7 Å². The number of anilines is 1. The summed E-state index contributed by atoms with van der Waals surface area (Å²) in [6, 6.07) is 4.79. The molecule has 1 rings (SSSR count). The lowest BCUT2D eigenvalue weighted by atomic mass is 9.89. The number of aryl methyl sites for hydroxylation is 1. The molecule has 4 nitrogen and oxygen atoms in total. The van der Waals surface area contributed by atoms with E-state index in [2.05, 4.69) is 5.32 Å². The van der Waals surface area contributed by atoms with Crippen molar-refractivity contribution in [3.05, 3.63) is 29.3 Å². The number of hydrogen-bond donors (Lipinski definition) is 2. The Hall–Kier alpha value is -1.84. The summed E-state index contributed by atoms with van der Waals surface area (Å²) in [6.07, 6.45) is 0.741. The number of carboxylic acids is 1. The number of hydrogen-bond acceptors (Lipinski definition) is 2. The van der Waals surface area contributed by atoms with Gasteiger partial charge >= 0.3 is 5.97 Å². The standard InChI is InChI=1S/C14H19NO3/c1-5-14(3,4)13(18)15-10-6-7-11(12(16)17)9(2)8-10/h6-8H,5H2,1-4H3,(H,15,18)(H,16,17). The van der Waals surface area contributed by atoms with Gasteiger partial charge in [0.1, 0.15) is 0 Å². The van der Waals surface area contributed by atoms with Crippen LogP contribution in [0.1, 0.15) is 43.1 Å². The summed E-state index contributed by atoms with van der Waals surface area (Å²) in [7, 11) is 0. The lowest BCUT2D eigenvalue weighted by Gasteiger charge is -2.21. The van der Waals surface area contributed by atoms with Gasteiger partial charge in [0.2, 0.25) is 5.91 Å². The van der Waals surface area contributed by atoms with Gasteiger partial charge in [-0.1, -0.05) is 20.8 Å². The van der Waals surface area contributed by atoms with Crippen molar-refractivity contribution in [2.75, 3.05) is 5.32 Å². The molecule has 0 atom stereocenters. The van der Waals surface area contributed by atoms with Gasteiger partial charge in [0, 0.05) is 11.1 Å². The van der Waals surface area contributed by atoms with Crippen LogP contribution in [0.2, 0.25) is 0 Å². The van der Waals surface area contributed by atoms with Crippen molar-refractivity contribution in [1.82, 2.24) is 0 Å². The molecule has 0 aromatic heterocycles. The molecule has 0 aliphatic heterocycles. The lowest BCUT2D eigenvalue weighted by Crippen LogP contribution is -2.30. The fourth-order valence-corrected chi connectivity index (χ4v) is 1.44. The average Bonchev–Trinajstić information content (AvgIpc) is 2.28. The van der Waals surface area contributed by atoms with E-state index in [-0.39, 0.29) is 11.5 Å². The van der Waals surface area contributed by atoms with Crippen LogP contribution in [0.15, 0.2) is 18.2 Å². The van der Waals surface area contributed by atoms with Gasteiger partial charge < -0.3 is 10.4 Å². The molecular formula is C14H19NO3. The minimum atomic E-state index is -0.959. The van der Waals surface area contributed by atoms with Crippen molar-refractivity contribution >= 4 is 17.6 Å². The van der Waals surface area contributed by atoms with E-state index in [0.29, 0.717) is 11.3 Å². The molecule has 4 heteroatoms. The minimum Gasteiger partial charge on any atom is -0.478 e. The first-order valence-corrected chi connectivity index (χ1v) is 5.93. The molecule has 18 heavy (non-hydrogen) atoms. The van der Waals surface area contributed by atoms with Crippen molar-refractivity contribution in [2.45, 2.75) is 34.1 Å². The number of rotatable bonds is 4. The lowest BCUT2D eigenvalue weighted by molar-refractivity contribution is -0.124. The maximum atomic E-state index is 12.0. The summed E-state index contributed by atoms with van der Waals surface area (Å²) in [6.45, 7) is 7.42. The van der Waals surface area contributed by atoms with Crippen molar-refractivity contribution in [3.8, 4) is 0 Å². The number of carbonyl (C=O) groups excluding carboxylic acids is 1. The number of carboxylic acid groups (broad SMARTS) is 1. The van der Waals surface area contributed by atoms with Gasteiger partial charge in [-0.3, -0.25) is 4.79 Å². The van der Waals surface area contributed by atoms with Gasteiger partial charge in [0.05, 0.1) is 5.56 Å². The Morgan fingerprint density at radius 3 is 2.39 bits per heavy atom. The average molecular weight is 249 g/mol. The van der Waals surface area contributed by atoms with Gasteiger partial charge in [0.15, 0.2) is 0 Å². The molecule has 0 aliphatic carbocycles. The van der Waals surface area contributed by atoms with Crippen LogP contribution in [0.25, 0.3) is 0 Å². The smallest absolute Gasteiger partial charge is 0.335 e. The Kier molecular flexibility index (Phi) is 4.11. The Bertz CT molecular complexity index is 478. The van der Waals surface area contributed by atoms with Crippen LogP contribution in [-0.4, -0.2) is 17.0 Å². The van der Waals surface area contributed by atoms with Crippen LogP contribution in [-0.2, 0) is 4.79 Å². The van der Waals surface area contributed by atoms with Crippen molar-refractivity contribution in [2.24, 2.45) is 5.41 Å². The molecule has 0 saturated carbocycles. The second kappa shape index (κ2) is 5.21. The first-order chi connectivity index (χ1) is 8.27. The summed E-state index contributed by atoms with van der Waals surface area (Å²) in [4.78, 5) is 22.8. The SMILES string of the molecule is CCC(C)(C)C(=O)Nc1ccc(C(=O)O)c(C)c1. The molecule has 1 amide bonds. The van der Waals surface area contributed by atoms with Gasteiger partial charge in [-0.05, 0) is 37.1 Å². The number of aromatic carboxylic acids is 1. The van der Waals surface area contributed by atoms with E-state index >= 15 is 0 Å². The third kappa shape index (κ3) is 3.09. The highest BCUT2D eigenvalue weighted by Crippen LogP contribution is 2.23. The fourth-order valence-electron chi connectivity index (χ4n) is 1.44. The van der Waals surface area contributed by atoms with E-state index < -0.39 is 11.4 Å². The monoisotopic (exact) mass is 249 g/mol. The molecule has 1 aromatic carbocycles. The van der Waals surface area contributed by atoms with E-state index in [1.807, 2.05) is 20.8 Å². The minimum absolute atomic E-state index is 0.0625.